The van der Waals surface area contributed by atoms with E-state index in [1.807, 2.05) is 12.1 Å². The molecule has 178 valence electrons. The van der Waals surface area contributed by atoms with Crippen LogP contribution in [0.25, 0.3) is 16.7 Å². The second kappa shape index (κ2) is 9.64. The van der Waals surface area contributed by atoms with Gasteiger partial charge in [-0.15, -0.1) is 0 Å². The number of hydrogen-bond donors (Lipinski definition) is 2. The van der Waals surface area contributed by atoms with Crippen molar-refractivity contribution in [2.75, 3.05) is 40.4 Å². The Bertz CT molecular complexity index is 1360. The van der Waals surface area contributed by atoms with Gasteiger partial charge < -0.3 is 10.2 Å². The summed E-state index contributed by atoms with van der Waals surface area (Å²) in [6.45, 7) is -0.975. The molecule has 0 aromatic heterocycles. The lowest BCUT2D eigenvalue weighted by Crippen LogP contribution is -2.29. The van der Waals surface area contributed by atoms with E-state index in [1.54, 1.807) is 12.1 Å². The van der Waals surface area contributed by atoms with Crippen LogP contribution in [-0.4, -0.2) is 76.1 Å². The van der Waals surface area contributed by atoms with Crippen molar-refractivity contribution in [3.8, 4) is 23.3 Å². The lowest BCUT2D eigenvalue weighted by atomic mass is 9.99. The van der Waals surface area contributed by atoms with Crippen LogP contribution >= 0.6 is 0 Å². The van der Waals surface area contributed by atoms with Gasteiger partial charge in [0.15, 0.2) is 0 Å². The number of benzene rings is 2. The van der Waals surface area contributed by atoms with Gasteiger partial charge in [0.1, 0.15) is 17.7 Å². The van der Waals surface area contributed by atoms with Gasteiger partial charge in [-0.1, -0.05) is 12.1 Å². The van der Waals surface area contributed by atoms with Crippen molar-refractivity contribution in [2.45, 2.75) is 9.79 Å². The molecule has 0 fully saturated rings. The normalized spacial score (nSPS) is 12.9. The van der Waals surface area contributed by atoms with Crippen LogP contribution < -0.4 is 0 Å². The summed E-state index contributed by atoms with van der Waals surface area (Å²) >= 11 is 0. The second-order valence-electron chi connectivity index (χ2n) is 7.49. The SMILES string of the molecule is CN(CCO)S(=O)(=O)c1ccc2c(c1)C(=C(C#N)C#N)c1cc(S(=O)(=O)N(C)CCO)ccc1-2. The van der Waals surface area contributed by atoms with Crippen LogP contribution in [0.2, 0.25) is 0 Å². The molecule has 12 heteroatoms. The predicted octanol–water partition coefficient (Wildman–Crippen LogP) is 0.742. The number of nitriles is 2. The molecule has 2 N–H and O–H groups in total. The zero-order valence-electron chi connectivity index (χ0n) is 18.4. The molecule has 34 heavy (non-hydrogen) atoms. The van der Waals surface area contributed by atoms with Gasteiger partial charge in [0, 0.05) is 32.8 Å². The van der Waals surface area contributed by atoms with Crippen molar-refractivity contribution in [1.82, 2.24) is 8.61 Å². The topological polar surface area (TPSA) is 163 Å². The van der Waals surface area contributed by atoms with Gasteiger partial charge in [-0.25, -0.2) is 16.8 Å². The van der Waals surface area contributed by atoms with E-state index < -0.39 is 20.0 Å². The average Bonchev–Trinajstić information content (AvgIpc) is 3.13. The molecular weight excluding hydrogens is 480 g/mol. The Hall–Kier alpha value is -3.10. The van der Waals surface area contributed by atoms with E-state index in [4.69, 9.17) is 10.2 Å². The molecule has 1 aliphatic rings. The van der Waals surface area contributed by atoms with Crippen LogP contribution in [0.3, 0.4) is 0 Å². The predicted molar refractivity (Wildman–Crippen MR) is 123 cm³/mol. The molecule has 2 aromatic rings. The van der Waals surface area contributed by atoms with Gasteiger partial charge in [0.2, 0.25) is 20.0 Å². The number of nitrogens with zero attached hydrogens (tertiary/aromatic N) is 4. The molecule has 0 heterocycles. The summed E-state index contributed by atoms with van der Waals surface area (Å²) in [5.41, 5.74) is 1.55. The highest BCUT2D eigenvalue weighted by molar-refractivity contribution is 7.89. The van der Waals surface area contributed by atoms with Crippen molar-refractivity contribution in [2.24, 2.45) is 0 Å². The highest BCUT2D eigenvalue weighted by Crippen LogP contribution is 2.47. The molecule has 0 saturated carbocycles. The largest absolute Gasteiger partial charge is 0.395 e. The van der Waals surface area contributed by atoms with E-state index in [0.29, 0.717) is 22.3 Å². The van der Waals surface area contributed by atoms with E-state index in [9.17, 15) is 27.4 Å². The number of likely N-dealkylation sites (N-methyl/N-ethyl adjacent to an activating group) is 2. The number of fused-ring (bicyclic) bond motifs is 3. The number of aliphatic hydroxyl groups excluding tert-OH is 2. The summed E-state index contributed by atoms with van der Waals surface area (Å²) in [5, 5.41) is 37.4. The summed E-state index contributed by atoms with van der Waals surface area (Å²) < 4.78 is 53.6. The van der Waals surface area contributed by atoms with Crippen LogP contribution in [0.15, 0.2) is 51.8 Å². The number of allylic oxidation sites excluding steroid dienone is 1. The molecule has 2 aromatic carbocycles. The summed E-state index contributed by atoms with van der Waals surface area (Å²) in [4.78, 5) is -0.198. The number of aliphatic hydroxyl groups is 2. The van der Waals surface area contributed by atoms with Gasteiger partial charge in [-0.05, 0) is 46.5 Å². The molecule has 0 amide bonds. The molecule has 0 unspecified atom stereocenters. The first kappa shape index (κ1) is 25.5. The Kier molecular flexibility index (Phi) is 7.24. The van der Waals surface area contributed by atoms with E-state index in [0.717, 1.165) is 8.61 Å². The molecule has 10 nitrogen and oxygen atoms in total. The third kappa shape index (κ3) is 4.23. The summed E-state index contributed by atoms with van der Waals surface area (Å²) in [5.74, 6) is 0. The molecule has 0 atom stereocenters. The first-order valence-corrected chi connectivity index (χ1v) is 12.9. The van der Waals surface area contributed by atoms with Crippen LogP contribution in [0.5, 0.6) is 0 Å². The van der Waals surface area contributed by atoms with Crippen molar-refractivity contribution in [3.63, 3.8) is 0 Å². The molecule has 0 spiro atoms. The maximum absolute atomic E-state index is 12.9. The minimum Gasteiger partial charge on any atom is -0.395 e. The van der Waals surface area contributed by atoms with E-state index >= 15 is 0 Å². The number of rotatable bonds is 8. The van der Waals surface area contributed by atoms with Gasteiger partial charge in [0.25, 0.3) is 0 Å². The fraction of sp³-hybridized carbons (Fsp3) is 0.273. The summed E-state index contributed by atoms with van der Waals surface area (Å²) in [6.07, 6.45) is 0. The maximum atomic E-state index is 12.9. The monoisotopic (exact) mass is 502 g/mol. The first-order chi connectivity index (χ1) is 16.0. The van der Waals surface area contributed by atoms with Crippen LogP contribution in [0, 0.1) is 22.7 Å². The van der Waals surface area contributed by atoms with Gasteiger partial charge >= 0.3 is 0 Å². The molecular formula is C22H22N4O6S2. The van der Waals surface area contributed by atoms with Crippen molar-refractivity contribution < 1.29 is 27.0 Å². The van der Waals surface area contributed by atoms with E-state index in [-0.39, 0.29) is 47.2 Å². The second-order valence-corrected chi connectivity index (χ2v) is 11.6. The lowest BCUT2D eigenvalue weighted by molar-refractivity contribution is 0.266. The van der Waals surface area contributed by atoms with Crippen LogP contribution in [0.1, 0.15) is 11.1 Å². The molecule has 0 saturated heterocycles. The standard InChI is InChI=1S/C22H22N4O6S2/c1-25(7-9-27)33(29,30)16-3-5-18-19-6-4-17(34(31,32)26(2)8-10-28)12-21(19)22(20(18)11-16)15(13-23)14-24/h3-6,11-12,27-28H,7-10H2,1-2H3. The van der Waals surface area contributed by atoms with Crippen molar-refractivity contribution in [1.29, 1.82) is 10.5 Å². The van der Waals surface area contributed by atoms with Crippen molar-refractivity contribution >= 4 is 25.6 Å². The van der Waals surface area contributed by atoms with E-state index in [1.165, 1.54) is 38.4 Å². The highest BCUT2D eigenvalue weighted by atomic mass is 32.2. The summed E-state index contributed by atoms with van der Waals surface area (Å²) in [7, 11) is -5.29. The Morgan fingerprint density at radius 1 is 0.765 bits per heavy atom. The van der Waals surface area contributed by atoms with Crippen LogP contribution in [0.4, 0.5) is 0 Å². The Morgan fingerprint density at radius 2 is 1.15 bits per heavy atom. The lowest BCUT2D eigenvalue weighted by Gasteiger charge is -2.16. The third-order valence-corrected chi connectivity index (χ3v) is 9.24. The van der Waals surface area contributed by atoms with E-state index in [2.05, 4.69) is 0 Å². The smallest absolute Gasteiger partial charge is 0.242 e. The number of hydrogen-bond acceptors (Lipinski definition) is 8. The Morgan fingerprint density at radius 3 is 1.47 bits per heavy atom. The zero-order chi connectivity index (χ0) is 25.3. The minimum atomic E-state index is -3.96. The summed E-state index contributed by atoms with van der Waals surface area (Å²) in [6, 6.07) is 12.2. The molecule has 0 aliphatic heterocycles. The Labute approximate surface area is 198 Å². The molecule has 1 aliphatic carbocycles. The molecule has 0 bridgehead atoms. The van der Waals surface area contributed by atoms with Gasteiger partial charge in [-0.3, -0.25) is 0 Å². The highest BCUT2D eigenvalue weighted by Gasteiger charge is 2.32. The fourth-order valence-corrected chi connectivity index (χ4v) is 6.06. The van der Waals surface area contributed by atoms with Crippen molar-refractivity contribution in [3.05, 3.63) is 53.1 Å². The van der Waals surface area contributed by atoms with Gasteiger partial charge in [-0.2, -0.15) is 19.1 Å². The zero-order valence-corrected chi connectivity index (χ0v) is 20.1. The molecule has 3 rings (SSSR count). The minimum absolute atomic E-state index is 0.0988. The quantitative estimate of drug-likeness (QED) is 0.426. The fourth-order valence-electron chi connectivity index (χ4n) is 3.68. The Balaban J connectivity index is 2.27. The third-order valence-electron chi connectivity index (χ3n) is 5.53. The maximum Gasteiger partial charge on any atom is 0.242 e. The molecule has 0 radical (unpaired) electrons. The first-order valence-electron chi connectivity index (χ1n) is 10.0. The van der Waals surface area contributed by atoms with Crippen LogP contribution in [-0.2, 0) is 20.0 Å². The number of sulfonamides is 2. The van der Waals surface area contributed by atoms with Gasteiger partial charge in [0.05, 0.1) is 23.0 Å². The average molecular weight is 503 g/mol.